The van der Waals surface area contributed by atoms with Crippen molar-refractivity contribution in [3.63, 3.8) is 0 Å². The molecular formula is C24H17F3N2O2. The fourth-order valence-corrected chi connectivity index (χ4v) is 3.55. The molecule has 1 aromatic heterocycles. The van der Waals surface area contributed by atoms with Crippen LogP contribution in [-0.2, 0) is 6.54 Å². The van der Waals surface area contributed by atoms with Gasteiger partial charge in [-0.15, -0.1) is 0 Å². The molecule has 156 valence electrons. The number of hydrogen-bond donors (Lipinski definition) is 0. The predicted molar refractivity (Wildman–Crippen MR) is 115 cm³/mol. The molecule has 4 rings (SSSR count). The van der Waals surface area contributed by atoms with E-state index in [1.54, 1.807) is 29.0 Å². The van der Waals surface area contributed by atoms with Crippen LogP contribution in [0.2, 0.25) is 0 Å². The summed E-state index contributed by atoms with van der Waals surface area (Å²) in [5.41, 5.74) is 0.942. The summed E-state index contributed by atoms with van der Waals surface area (Å²) < 4.78 is 43.3. The van der Waals surface area contributed by atoms with Gasteiger partial charge in [-0.1, -0.05) is 60.7 Å². The number of allylic oxidation sites excluding steroid dienone is 1. The van der Waals surface area contributed by atoms with E-state index in [4.69, 9.17) is 0 Å². The van der Waals surface area contributed by atoms with E-state index in [2.05, 4.69) is 0 Å². The monoisotopic (exact) mass is 422 g/mol. The Morgan fingerprint density at radius 2 is 1.61 bits per heavy atom. The van der Waals surface area contributed by atoms with E-state index in [-0.39, 0.29) is 11.3 Å². The molecule has 7 heteroatoms. The van der Waals surface area contributed by atoms with E-state index in [0.717, 1.165) is 11.6 Å². The number of fused-ring (bicyclic) bond motifs is 1. The Hall–Kier alpha value is -3.87. The molecule has 4 nitrogen and oxygen atoms in total. The molecule has 0 aliphatic carbocycles. The third-order valence-electron chi connectivity index (χ3n) is 4.99. The summed E-state index contributed by atoms with van der Waals surface area (Å²) in [4.78, 5) is 10.7. The normalized spacial score (nSPS) is 12.3. The lowest BCUT2D eigenvalue weighted by molar-refractivity contribution is -0.384. The van der Waals surface area contributed by atoms with E-state index >= 15 is 0 Å². The van der Waals surface area contributed by atoms with Gasteiger partial charge in [0.1, 0.15) is 0 Å². The zero-order valence-electron chi connectivity index (χ0n) is 16.2. The van der Waals surface area contributed by atoms with Crippen molar-refractivity contribution in [2.24, 2.45) is 0 Å². The molecule has 0 aliphatic heterocycles. The zero-order chi connectivity index (χ0) is 22.0. The maximum atomic E-state index is 13.9. The van der Waals surface area contributed by atoms with E-state index in [1.165, 1.54) is 30.3 Å². The van der Waals surface area contributed by atoms with Crippen LogP contribution < -0.4 is 0 Å². The van der Waals surface area contributed by atoms with Gasteiger partial charge in [0.15, 0.2) is 0 Å². The van der Waals surface area contributed by atoms with Crippen LogP contribution in [0.3, 0.4) is 0 Å². The molecule has 0 saturated carbocycles. The maximum absolute atomic E-state index is 13.9. The van der Waals surface area contributed by atoms with Gasteiger partial charge in [-0.05, 0) is 23.3 Å². The number of aromatic nitrogens is 1. The number of nitrogens with zero attached hydrogens (tertiary/aromatic N) is 2. The highest BCUT2D eigenvalue weighted by Gasteiger charge is 2.34. The first-order chi connectivity index (χ1) is 14.8. The molecule has 1 heterocycles. The van der Waals surface area contributed by atoms with Crippen molar-refractivity contribution < 1.29 is 18.1 Å². The van der Waals surface area contributed by atoms with Crippen molar-refractivity contribution >= 4 is 28.2 Å². The lowest BCUT2D eigenvalue weighted by Gasteiger charge is -2.12. The Bertz CT molecular complexity index is 1260. The summed E-state index contributed by atoms with van der Waals surface area (Å²) in [6, 6.07) is 21.2. The first-order valence-corrected chi connectivity index (χ1v) is 9.48. The van der Waals surface area contributed by atoms with Gasteiger partial charge < -0.3 is 4.57 Å². The van der Waals surface area contributed by atoms with Gasteiger partial charge >= 0.3 is 6.18 Å². The third-order valence-corrected chi connectivity index (χ3v) is 4.99. The third kappa shape index (κ3) is 4.35. The fraction of sp³-hybridized carbons (Fsp3) is 0.0833. The number of hydrogen-bond acceptors (Lipinski definition) is 2. The molecule has 4 aromatic rings. The molecule has 0 amide bonds. The molecule has 0 atom stereocenters. The average molecular weight is 422 g/mol. The smallest absolute Gasteiger partial charge is 0.342 e. The summed E-state index contributed by atoms with van der Waals surface area (Å²) in [5.74, 6) is 0. The van der Waals surface area contributed by atoms with Gasteiger partial charge in [0.05, 0.1) is 16.0 Å². The Morgan fingerprint density at radius 1 is 0.968 bits per heavy atom. The minimum atomic E-state index is -4.56. The Morgan fingerprint density at radius 3 is 2.23 bits per heavy atom. The predicted octanol–water partition coefficient (Wildman–Crippen LogP) is 6.70. The van der Waals surface area contributed by atoms with Gasteiger partial charge in [-0.2, -0.15) is 13.2 Å². The second-order valence-electron chi connectivity index (χ2n) is 7.08. The Kier molecular flexibility index (Phi) is 5.33. The first-order valence-electron chi connectivity index (χ1n) is 9.48. The second kappa shape index (κ2) is 8.10. The summed E-state index contributed by atoms with van der Waals surface area (Å²) in [6.07, 6.45) is -1.85. The van der Waals surface area contributed by atoms with E-state index in [0.29, 0.717) is 23.0 Å². The van der Waals surface area contributed by atoms with Gasteiger partial charge in [-0.25, -0.2) is 0 Å². The molecule has 0 radical (unpaired) electrons. The largest absolute Gasteiger partial charge is 0.417 e. The van der Waals surface area contributed by atoms with Crippen LogP contribution in [-0.4, -0.2) is 15.7 Å². The van der Waals surface area contributed by atoms with Crippen LogP contribution >= 0.6 is 0 Å². The van der Waals surface area contributed by atoms with Gasteiger partial charge in [0.25, 0.3) is 5.69 Å². The molecule has 3 aromatic carbocycles. The van der Waals surface area contributed by atoms with Crippen LogP contribution in [0.5, 0.6) is 0 Å². The van der Waals surface area contributed by atoms with E-state index < -0.39 is 16.7 Å². The highest BCUT2D eigenvalue weighted by atomic mass is 19.4. The number of halogens is 3. The highest BCUT2D eigenvalue weighted by molar-refractivity contribution is 5.96. The van der Waals surface area contributed by atoms with Crippen LogP contribution in [0.25, 0.3) is 22.6 Å². The molecule has 31 heavy (non-hydrogen) atoms. The molecule has 0 fully saturated rings. The Labute approximate surface area is 176 Å². The van der Waals surface area contributed by atoms with Crippen molar-refractivity contribution in [3.05, 3.63) is 112 Å². The number of alkyl halides is 3. The van der Waals surface area contributed by atoms with Crippen molar-refractivity contribution in [2.45, 2.75) is 12.7 Å². The molecule has 0 unspecified atom stereocenters. The fourth-order valence-electron chi connectivity index (χ4n) is 3.55. The minimum absolute atomic E-state index is 0.0564. The van der Waals surface area contributed by atoms with Crippen LogP contribution in [0.4, 0.5) is 18.9 Å². The number of non-ortho nitro benzene ring substituents is 1. The van der Waals surface area contributed by atoms with Gasteiger partial charge in [-0.3, -0.25) is 10.1 Å². The maximum Gasteiger partial charge on any atom is 0.417 e. The van der Waals surface area contributed by atoms with E-state index in [9.17, 15) is 23.3 Å². The molecule has 0 spiro atoms. The average Bonchev–Trinajstić information content (AvgIpc) is 3.09. The minimum Gasteiger partial charge on any atom is -0.342 e. The summed E-state index contributed by atoms with van der Waals surface area (Å²) in [5, 5.41) is 11.8. The number of benzene rings is 3. The standard InChI is InChI=1S/C24H17F3N2O2/c25-24(26,27)22(18-9-5-2-6-10-18)13-19-16-28(15-17-7-3-1-4-8-17)23-14-20(29(30)31)11-12-21(19)23/h1-14,16H,15H2. The molecule has 0 aliphatic rings. The zero-order valence-corrected chi connectivity index (χ0v) is 16.2. The van der Waals surface area contributed by atoms with Crippen molar-refractivity contribution in [3.8, 4) is 0 Å². The van der Waals surface area contributed by atoms with Crippen LogP contribution in [0, 0.1) is 10.1 Å². The second-order valence-corrected chi connectivity index (χ2v) is 7.08. The van der Waals surface area contributed by atoms with Gasteiger partial charge in [0, 0.05) is 35.8 Å². The van der Waals surface area contributed by atoms with Crippen LogP contribution in [0.1, 0.15) is 16.7 Å². The molecule has 0 N–H and O–H groups in total. The molecular weight excluding hydrogens is 405 g/mol. The quantitative estimate of drug-likeness (QED) is 0.265. The van der Waals surface area contributed by atoms with E-state index in [1.807, 2.05) is 30.3 Å². The van der Waals surface area contributed by atoms with Crippen molar-refractivity contribution in [2.75, 3.05) is 0 Å². The number of rotatable bonds is 5. The first kappa shape index (κ1) is 20.4. The topological polar surface area (TPSA) is 48.1 Å². The highest BCUT2D eigenvalue weighted by Crippen LogP contribution is 2.37. The summed E-state index contributed by atoms with van der Waals surface area (Å²) in [6.45, 7) is 0.374. The Balaban J connectivity index is 1.91. The SMILES string of the molecule is O=[N+]([O-])c1ccc2c(C=C(c3ccccc3)C(F)(F)F)cn(Cc3ccccc3)c2c1. The number of nitro benzene ring substituents is 1. The summed E-state index contributed by atoms with van der Waals surface area (Å²) >= 11 is 0. The van der Waals surface area contributed by atoms with Crippen LogP contribution in [0.15, 0.2) is 85.1 Å². The lowest BCUT2D eigenvalue weighted by Crippen LogP contribution is -2.10. The lowest BCUT2D eigenvalue weighted by atomic mass is 10.0. The summed E-state index contributed by atoms with van der Waals surface area (Å²) in [7, 11) is 0. The molecule has 0 saturated heterocycles. The van der Waals surface area contributed by atoms with Gasteiger partial charge in [0.2, 0.25) is 0 Å². The molecule has 0 bridgehead atoms. The van der Waals surface area contributed by atoms with Crippen molar-refractivity contribution in [1.29, 1.82) is 0 Å². The van der Waals surface area contributed by atoms with Crippen molar-refractivity contribution in [1.82, 2.24) is 4.57 Å². The number of nitro groups is 1.